The van der Waals surface area contributed by atoms with Gasteiger partial charge in [-0.15, -0.1) is 10.2 Å². The Labute approximate surface area is 92.9 Å². The van der Waals surface area contributed by atoms with E-state index in [1.54, 1.807) is 25.1 Å². The van der Waals surface area contributed by atoms with Crippen molar-refractivity contribution in [2.24, 2.45) is 0 Å². The average molecular weight is 238 g/mol. The summed E-state index contributed by atoms with van der Waals surface area (Å²) in [7, 11) is -3.61. The second-order valence-electron chi connectivity index (χ2n) is 3.18. The number of sulfonamides is 1. The number of rotatable bonds is 3. The molecule has 16 heavy (non-hydrogen) atoms. The van der Waals surface area contributed by atoms with Crippen LogP contribution in [0.1, 0.15) is 5.69 Å². The minimum atomic E-state index is -3.61. The zero-order chi connectivity index (χ0) is 11.6. The molecule has 1 aromatic carbocycles. The van der Waals surface area contributed by atoms with Gasteiger partial charge in [0.25, 0.3) is 10.0 Å². The molecule has 0 unspecified atom stereocenters. The Hall–Kier alpha value is -1.89. The van der Waals surface area contributed by atoms with Gasteiger partial charge in [-0.3, -0.25) is 0 Å². The Bertz CT molecular complexity index is 577. The first-order chi connectivity index (χ1) is 7.58. The van der Waals surface area contributed by atoms with Crippen molar-refractivity contribution in [3.8, 4) is 0 Å². The number of nitrogens with zero attached hydrogens (tertiary/aromatic N) is 3. The van der Waals surface area contributed by atoms with Crippen molar-refractivity contribution in [1.82, 2.24) is 15.1 Å². The number of hydrogen-bond acceptors (Lipinski definition) is 4. The fourth-order valence-electron chi connectivity index (χ4n) is 1.14. The van der Waals surface area contributed by atoms with Crippen LogP contribution in [0, 0.1) is 6.92 Å². The van der Waals surface area contributed by atoms with Crippen LogP contribution < -0.4 is 4.83 Å². The third-order valence-electron chi connectivity index (χ3n) is 1.86. The standard InChI is InChI=1S/C9H10N4O2S/c1-8-7-10-13(11-8)12-16(14,15)9-5-3-2-4-6-9/h2-7,12H,1H3. The molecule has 7 heteroatoms. The molecule has 0 aliphatic rings. The van der Waals surface area contributed by atoms with Gasteiger partial charge in [-0.05, 0) is 19.1 Å². The lowest BCUT2D eigenvalue weighted by Gasteiger charge is -2.05. The van der Waals surface area contributed by atoms with Crippen LogP contribution in [0.25, 0.3) is 0 Å². The van der Waals surface area contributed by atoms with Crippen LogP contribution in [0.5, 0.6) is 0 Å². The summed E-state index contributed by atoms with van der Waals surface area (Å²) < 4.78 is 23.6. The van der Waals surface area contributed by atoms with Crippen molar-refractivity contribution in [3.05, 3.63) is 42.2 Å². The lowest BCUT2D eigenvalue weighted by atomic mass is 10.4. The third kappa shape index (κ3) is 2.19. The largest absolute Gasteiger partial charge is 0.277 e. The molecular formula is C9H10N4O2S. The van der Waals surface area contributed by atoms with Crippen molar-refractivity contribution >= 4 is 10.0 Å². The van der Waals surface area contributed by atoms with Crippen LogP contribution in [-0.4, -0.2) is 23.5 Å². The van der Waals surface area contributed by atoms with Gasteiger partial charge in [-0.1, -0.05) is 23.1 Å². The van der Waals surface area contributed by atoms with E-state index in [1.807, 2.05) is 0 Å². The molecule has 1 heterocycles. The predicted molar refractivity (Wildman–Crippen MR) is 57.7 cm³/mol. The van der Waals surface area contributed by atoms with Gasteiger partial charge in [0, 0.05) is 0 Å². The molecule has 2 aromatic rings. The van der Waals surface area contributed by atoms with Crippen LogP contribution in [-0.2, 0) is 10.0 Å². The SMILES string of the molecule is Cc1cnn(NS(=O)(=O)c2ccccc2)n1. The second-order valence-corrected chi connectivity index (χ2v) is 4.84. The summed E-state index contributed by atoms with van der Waals surface area (Å²) in [6.07, 6.45) is 1.47. The molecule has 84 valence electrons. The van der Waals surface area contributed by atoms with Gasteiger partial charge >= 0.3 is 0 Å². The maximum Gasteiger partial charge on any atom is 0.277 e. The summed E-state index contributed by atoms with van der Waals surface area (Å²) in [5.41, 5.74) is 0.635. The highest BCUT2D eigenvalue weighted by molar-refractivity contribution is 7.92. The van der Waals surface area contributed by atoms with E-state index in [9.17, 15) is 8.42 Å². The third-order valence-corrected chi connectivity index (χ3v) is 3.16. The van der Waals surface area contributed by atoms with Gasteiger partial charge in [-0.25, -0.2) is 0 Å². The Kier molecular flexibility index (Phi) is 2.61. The molecule has 0 fully saturated rings. The zero-order valence-corrected chi connectivity index (χ0v) is 9.35. The number of benzene rings is 1. The molecule has 0 aliphatic carbocycles. The van der Waals surface area contributed by atoms with E-state index in [4.69, 9.17) is 0 Å². The fourth-order valence-corrected chi connectivity index (χ4v) is 2.07. The molecule has 0 spiro atoms. The van der Waals surface area contributed by atoms with Crippen molar-refractivity contribution in [2.75, 3.05) is 4.83 Å². The first kappa shape index (κ1) is 10.6. The number of nitrogens with one attached hydrogen (secondary N) is 1. The molecule has 2 rings (SSSR count). The first-order valence-corrected chi connectivity index (χ1v) is 6.03. The van der Waals surface area contributed by atoms with Crippen molar-refractivity contribution < 1.29 is 8.42 Å². The number of aromatic nitrogens is 3. The van der Waals surface area contributed by atoms with E-state index in [0.29, 0.717) is 5.69 Å². The Balaban J connectivity index is 2.28. The predicted octanol–water partition coefficient (Wildman–Crippen LogP) is 0.519. The van der Waals surface area contributed by atoms with Crippen LogP contribution in [0.3, 0.4) is 0 Å². The molecule has 0 aliphatic heterocycles. The van der Waals surface area contributed by atoms with Crippen LogP contribution in [0.15, 0.2) is 41.4 Å². The van der Waals surface area contributed by atoms with Crippen molar-refractivity contribution in [2.45, 2.75) is 11.8 Å². The summed E-state index contributed by atoms with van der Waals surface area (Å²) in [6.45, 7) is 1.72. The van der Waals surface area contributed by atoms with Gasteiger partial charge in [0.1, 0.15) is 0 Å². The van der Waals surface area contributed by atoms with E-state index in [2.05, 4.69) is 15.0 Å². The minimum absolute atomic E-state index is 0.171. The van der Waals surface area contributed by atoms with E-state index < -0.39 is 10.0 Å². The zero-order valence-electron chi connectivity index (χ0n) is 8.53. The highest BCUT2D eigenvalue weighted by atomic mass is 32.2. The molecule has 1 aromatic heterocycles. The molecule has 1 N–H and O–H groups in total. The quantitative estimate of drug-likeness (QED) is 0.845. The minimum Gasteiger partial charge on any atom is -0.200 e. The number of aryl methyl sites for hydroxylation is 1. The lowest BCUT2D eigenvalue weighted by Crippen LogP contribution is -2.25. The van der Waals surface area contributed by atoms with E-state index in [1.165, 1.54) is 18.3 Å². The maximum atomic E-state index is 11.8. The fraction of sp³-hybridized carbons (Fsp3) is 0.111. The van der Waals surface area contributed by atoms with E-state index >= 15 is 0 Å². The molecular weight excluding hydrogens is 228 g/mol. The summed E-state index contributed by atoms with van der Waals surface area (Å²) in [5.74, 6) is 0. The van der Waals surface area contributed by atoms with Crippen LogP contribution >= 0.6 is 0 Å². The van der Waals surface area contributed by atoms with Crippen molar-refractivity contribution in [3.63, 3.8) is 0 Å². The van der Waals surface area contributed by atoms with Crippen LogP contribution in [0.2, 0.25) is 0 Å². The topological polar surface area (TPSA) is 76.9 Å². The molecule has 0 amide bonds. The number of hydrogen-bond donors (Lipinski definition) is 1. The van der Waals surface area contributed by atoms with Gasteiger partial charge in [0.15, 0.2) is 0 Å². The lowest BCUT2D eigenvalue weighted by molar-refractivity contribution is 0.583. The average Bonchev–Trinajstić information content (AvgIpc) is 2.64. The molecule has 0 radical (unpaired) electrons. The Morgan fingerprint density at radius 3 is 2.50 bits per heavy atom. The molecule has 0 saturated carbocycles. The summed E-state index contributed by atoms with van der Waals surface area (Å²) >= 11 is 0. The van der Waals surface area contributed by atoms with Gasteiger partial charge in [0.05, 0.1) is 16.8 Å². The highest BCUT2D eigenvalue weighted by Gasteiger charge is 2.13. The summed E-state index contributed by atoms with van der Waals surface area (Å²) in [6, 6.07) is 8.04. The van der Waals surface area contributed by atoms with Gasteiger partial charge in [-0.2, -0.15) is 13.2 Å². The Morgan fingerprint density at radius 2 is 1.94 bits per heavy atom. The highest BCUT2D eigenvalue weighted by Crippen LogP contribution is 2.07. The van der Waals surface area contributed by atoms with E-state index in [-0.39, 0.29) is 4.90 Å². The summed E-state index contributed by atoms with van der Waals surface area (Å²) in [4.78, 5) is 3.32. The van der Waals surface area contributed by atoms with Crippen LogP contribution in [0.4, 0.5) is 0 Å². The molecule has 6 nitrogen and oxygen atoms in total. The van der Waals surface area contributed by atoms with E-state index in [0.717, 1.165) is 4.91 Å². The molecule has 0 bridgehead atoms. The Morgan fingerprint density at radius 1 is 1.25 bits per heavy atom. The summed E-state index contributed by atoms with van der Waals surface area (Å²) in [5, 5.41) is 7.58. The second kappa shape index (κ2) is 3.93. The molecule has 0 saturated heterocycles. The van der Waals surface area contributed by atoms with Gasteiger partial charge in [0.2, 0.25) is 0 Å². The smallest absolute Gasteiger partial charge is 0.200 e. The monoisotopic (exact) mass is 238 g/mol. The normalized spacial score (nSPS) is 11.3. The maximum absolute atomic E-state index is 11.8. The first-order valence-electron chi connectivity index (χ1n) is 4.55. The van der Waals surface area contributed by atoms with Crippen molar-refractivity contribution in [1.29, 1.82) is 0 Å². The van der Waals surface area contributed by atoms with Gasteiger partial charge < -0.3 is 0 Å². The molecule has 0 atom stereocenters.